The lowest BCUT2D eigenvalue weighted by molar-refractivity contribution is -0.163. The molecule has 2 saturated heterocycles. The van der Waals surface area contributed by atoms with E-state index in [-0.39, 0.29) is 31.1 Å². The second-order valence-electron chi connectivity index (χ2n) is 10.2. The highest BCUT2D eigenvalue weighted by atomic mass is 19.4. The minimum absolute atomic E-state index is 0.0215. The van der Waals surface area contributed by atoms with Crippen LogP contribution in [0, 0.1) is 12.8 Å². The van der Waals surface area contributed by atoms with E-state index >= 15 is 0 Å². The monoisotopic (exact) mass is 508 g/mol. The molecule has 9 heteroatoms. The summed E-state index contributed by atoms with van der Waals surface area (Å²) in [6.45, 7) is 5.14. The second kappa shape index (κ2) is 10.5. The van der Waals surface area contributed by atoms with Gasteiger partial charge in [-0.1, -0.05) is 67.9 Å². The summed E-state index contributed by atoms with van der Waals surface area (Å²) in [5.41, 5.74) is 2.73. The average Bonchev–Trinajstić information content (AvgIpc) is 3.36. The molecule has 196 valence electrons. The summed E-state index contributed by atoms with van der Waals surface area (Å²) in [4.78, 5) is 14.6. The molecule has 2 aliphatic heterocycles. The number of fused-ring (bicyclic) bond motifs is 1. The van der Waals surface area contributed by atoms with E-state index in [4.69, 9.17) is 4.74 Å². The number of aryl methyl sites for hydroxylation is 1. The van der Waals surface area contributed by atoms with E-state index in [0.29, 0.717) is 0 Å². The molecule has 0 spiro atoms. The molecule has 0 aromatic heterocycles. The van der Waals surface area contributed by atoms with Crippen molar-refractivity contribution in [2.24, 2.45) is 5.92 Å². The van der Waals surface area contributed by atoms with E-state index in [1.807, 2.05) is 31.2 Å². The van der Waals surface area contributed by atoms with Crippen LogP contribution in [0.2, 0.25) is 0 Å². The van der Waals surface area contributed by atoms with E-state index in [1.165, 1.54) is 12.1 Å². The molecule has 0 saturated carbocycles. The number of hydrogen-bond donors (Lipinski definition) is 2. The largest absolute Gasteiger partial charge is 0.407 e. The fraction of sp³-hybridized carbons (Fsp3) is 0.519. The van der Waals surface area contributed by atoms with E-state index in [2.05, 4.69) is 5.32 Å². The first-order valence-electron chi connectivity index (χ1n) is 12.2. The maximum atomic E-state index is 14.5. The molecule has 2 heterocycles. The summed E-state index contributed by atoms with van der Waals surface area (Å²) in [6.07, 6.45) is -8.09. The van der Waals surface area contributed by atoms with Gasteiger partial charge < -0.3 is 14.7 Å². The summed E-state index contributed by atoms with van der Waals surface area (Å²) < 4.78 is 62.5. The Morgan fingerprint density at radius 1 is 1.11 bits per heavy atom. The highest BCUT2D eigenvalue weighted by molar-refractivity contribution is 5.83. The van der Waals surface area contributed by atoms with Gasteiger partial charge in [0.05, 0.1) is 25.2 Å². The summed E-state index contributed by atoms with van der Waals surface area (Å²) in [7, 11) is 0. The lowest BCUT2D eigenvalue weighted by Crippen LogP contribution is -2.54. The number of aliphatic hydroxyl groups is 1. The van der Waals surface area contributed by atoms with E-state index in [9.17, 15) is 27.5 Å². The van der Waals surface area contributed by atoms with Gasteiger partial charge in [-0.15, -0.1) is 0 Å². The maximum Gasteiger partial charge on any atom is 0.407 e. The first-order chi connectivity index (χ1) is 17.0. The SMILES string of the molecule is Cc1ccc(-c2ccc([C@H](N[C@@H](CC(C)C)C(=O)N3C[C@H](F)[C@H]4OC[C@H](O)[C@H]43)C(F)(F)F)cc2)cc1. The zero-order valence-corrected chi connectivity index (χ0v) is 20.5. The second-order valence-corrected chi connectivity index (χ2v) is 10.2. The Hall–Kier alpha value is -2.49. The molecule has 4 rings (SSSR count). The van der Waals surface area contributed by atoms with Crippen LogP contribution in [-0.2, 0) is 9.53 Å². The number of ether oxygens (including phenoxy) is 1. The highest BCUT2D eigenvalue weighted by Gasteiger charge is 2.54. The van der Waals surface area contributed by atoms with Crippen molar-refractivity contribution in [2.75, 3.05) is 13.2 Å². The summed E-state index contributed by atoms with van der Waals surface area (Å²) >= 11 is 0. The van der Waals surface area contributed by atoms with Gasteiger partial charge >= 0.3 is 6.18 Å². The van der Waals surface area contributed by atoms with Crippen LogP contribution >= 0.6 is 0 Å². The molecule has 36 heavy (non-hydrogen) atoms. The number of hydrogen-bond acceptors (Lipinski definition) is 4. The van der Waals surface area contributed by atoms with Crippen LogP contribution < -0.4 is 5.32 Å². The summed E-state index contributed by atoms with van der Waals surface area (Å²) in [5.74, 6) is -0.762. The fourth-order valence-electron chi connectivity index (χ4n) is 5.09. The first-order valence-corrected chi connectivity index (χ1v) is 12.2. The molecule has 2 aliphatic rings. The number of aliphatic hydroxyl groups excluding tert-OH is 1. The molecule has 2 aromatic rings. The average molecular weight is 509 g/mol. The summed E-state index contributed by atoms with van der Waals surface area (Å²) in [5, 5.41) is 12.8. The number of likely N-dealkylation sites (tertiary alicyclic amines) is 1. The van der Waals surface area contributed by atoms with Gasteiger partial charge in [0, 0.05) is 0 Å². The van der Waals surface area contributed by atoms with Gasteiger partial charge in [0.1, 0.15) is 24.4 Å². The number of benzene rings is 2. The Bertz CT molecular complexity index is 1040. The Morgan fingerprint density at radius 2 is 1.69 bits per heavy atom. The van der Waals surface area contributed by atoms with Crippen molar-refractivity contribution in [1.82, 2.24) is 10.2 Å². The number of carbonyl (C=O) groups is 1. The van der Waals surface area contributed by atoms with Crippen molar-refractivity contribution < 1.29 is 32.2 Å². The maximum absolute atomic E-state index is 14.5. The van der Waals surface area contributed by atoms with Crippen LogP contribution in [0.4, 0.5) is 17.6 Å². The Kier molecular flexibility index (Phi) is 7.73. The quantitative estimate of drug-likeness (QED) is 0.538. The van der Waals surface area contributed by atoms with Gasteiger partial charge in [0.25, 0.3) is 0 Å². The predicted octanol–water partition coefficient (Wildman–Crippen LogP) is 4.58. The van der Waals surface area contributed by atoms with Crippen LogP contribution in [0.15, 0.2) is 48.5 Å². The molecular formula is C27H32F4N2O3. The number of rotatable bonds is 7. The van der Waals surface area contributed by atoms with E-state index < -0.39 is 48.6 Å². The molecule has 2 N–H and O–H groups in total. The third-order valence-corrected chi connectivity index (χ3v) is 6.89. The predicted molar refractivity (Wildman–Crippen MR) is 128 cm³/mol. The minimum Gasteiger partial charge on any atom is -0.388 e. The van der Waals surface area contributed by atoms with Crippen molar-refractivity contribution in [3.8, 4) is 11.1 Å². The molecule has 2 fully saturated rings. The van der Waals surface area contributed by atoms with Crippen LogP contribution in [0.5, 0.6) is 0 Å². The van der Waals surface area contributed by atoms with Gasteiger partial charge in [-0.3, -0.25) is 10.1 Å². The third-order valence-electron chi connectivity index (χ3n) is 6.89. The number of nitrogens with zero attached hydrogens (tertiary/aromatic N) is 1. The van der Waals surface area contributed by atoms with Gasteiger partial charge in [-0.05, 0) is 36.0 Å². The van der Waals surface area contributed by atoms with Crippen LogP contribution in [0.25, 0.3) is 11.1 Å². The first kappa shape index (κ1) is 26.6. The topological polar surface area (TPSA) is 61.8 Å². The van der Waals surface area contributed by atoms with Crippen molar-refractivity contribution in [2.45, 2.75) is 69.9 Å². The number of nitrogens with one attached hydrogen (secondary N) is 1. The molecule has 0 unspecified atom stereocenters. The molecule has 0 radical (unpaired) electrons. The minimum atomic E-state index is -4.67. The normalized spacial score (nSPS) is 25.8. The number of halogens is 4. The molecule has 0 aliphatic carbocycles. The molecule has 6 atom stereocenters. The number of alkyl halides is 4. The van der Waals surface area contributed by atoms with Crippen LogP contribution in [0.1, 0.15) is 37.4 Å². The standard InChI is InChI=1S/C27H32F4N2O3/c1-15(2)12-21(26(35)33-13-20(28)24-23(33)22(34)14-36-24)32-25(27(29,30)31)19-10-8-18(9-11-19)17-6-4-16(3)5-7-17/h4-11,15,20-25,32,34H,12-14H2,1-3H3/t20-,21-,22-,23+,24+,25-/m0/s1. The van der Waals surface area contributed by atoms with Gasteiger partial charge in [-0.25, -0.2) is 4.39 Å². The van der Waals surface area contributed by atoms with Gasteiger partial charge in [0.2, 0.25) is 5.91 Å². The lowest BCUT2D eigenvalue weighted by Gasteiger charge is -2.33. The van der Waals surface area contributed by atoms with Crippen molar-refractivity contribution in [3.05, 3.63) is 59.7 Å². The number of carbonyl (C=O) groups excluding carboxylic acids is 1. The molecule has 1 amide bonds. The Balaban J connectivity index is 1.59. The molecule has 5 nitrogen and oxygen atoms in total. The van der Waals surface area contributed by atoms with Gasteiger partial charge in [-0.2, -0.15) is 13.2 Å². The van der Waals surface area contributed by atoms with Crippen molar-refractivity contribution >= 4 is 5.91 Å². The Morgan fingerprint density at radius 3 is 2.25 bits per heavy atom. The smallest absolute Gasteiger partial charge is 0.388 e. The fourth-order valence-corrected chi connectivity index (χ4v) is 5.09. The Labute approximate surface area is 208 Å². The lowest BCUT2D eigenvalue weighted by atomic mass is 9.97. The number of amides is 1. The van der Waals surface area contributed by atoms with Crippen molar-refractivity contribution in [3.63, 3.8) is 0 Å². The third kappa shape index (κ3) is 5.58. The van der Waals surface area contributed by atoms with Crippen LogP contribution in [0.3, 0.4) is 0 Å². The zero-order valence-electron chi connectivity index (χ0n) is 20.5. The molecular weight excluding hydrogens is 476 g/mol. The zero-order chi connectivity index (χ0) is 26.2. The van der Waals surface area contributed by atoms with Gasteiger partial charge in [0.15, 0.2) is 0 Å². The van der Waals surface area contributed by atoms with Crippen molar-refractivity contribution in [1.29, 1.82) is 0 Å². The van der Waals surface area contributed by atoms with Crippen LogP contribution in [-0.4, -0.2) is 65.7 Å². The highest BCUT2D eigenvalue weighted by Crippen LogP contribution is 2.36. The van der Waals surface area contributed by atoms with E-state index in [1.54, 1.807) is 26.0 Å². The molecule has 2 aromatic carbocycles. The summed E-state index contributed by atoms with van der Waals surface area (Å²) in [6, 6.07) is 9.55. The van der Waals surface area contributed by atoms with E-state index in [0.717, 1.165) is 21.6 Å². The molecule has 0 bridgehead atoms.